The third-order valence-electron chi connectivity index (χ3n) is 0.221. The van der Waals surface area contributed by atoms with E-state index >= 15 is 0 Å². The fourth-order valence-corrected chi connectivity index (χ4v) is 0.0823. The van der Waals surface area contributed by atoms with Crippen LogP contribution in [0.4, 0.5) is 4.79 Å². The maximum absolute atomic E-state index is 9.59. The highest BCUT2D eigenvalue weighted by atomic mass is 17.0. The van der Waals surface area contributed by atoms with Crippen molar-refractivity contribution in [1.29, 1.82) is 0 Å². The number of nitrogens with zero attached hydrogens (tertiary/aromatic N) is 1. The van der Waals surface area contributed by atoms with Crippen LogP contribution in [0.3, 0.4) is 0 Å². The predicted octanol–water partition coefficient (Wildman–Crippen LogP) is -1.22. The molecule has 0 saturated heterocycles. The number of hydrogen-bond donors (Lipinski definition) is 2. The molecule has 0 fully saturated rings. The standard InChI is InChI=1S/CH3N3O4/c2-1(5)3-8-4(6)7/h(H3,2,3,5). The van der Waals surface area contributed by atoms with Gasteiger partial charge in [-0.1, -0.05) is 0 Å². The lowest BCUT2D eigenvalue weighted by Gasteiger charge is -1.92. The lowest BCUT2D eigenvalue weighted by atomic mass is 11.2. The molecule has 8 heavy (non-hydrogen) atoms. The number of amides is 2. The Hall–Kier alpha value is -1.53. The van der Waals surface area contributed by atoms with Gasteiger partial charge in [-0.2, -0.15) is 10.4 Å². The predicted molar refractivity (Wildman–Crippen MR) is 20.8 cm³/mol. The van der Waals surface area contributed by atoms with Gasteiger partial charge in [0, 0.05) is 0 Å². The Morgan fingerprint density at radius 3 is 2.50 bits per heavy atom. The number of primary amides is 1. The number of carbonyl (C=O) groups excluding carboxylic acids is 1. The van der Waals surface area contributed by atoms with E-state index in [2.05, 4.69) is 10.7 Å². The van der Waals surface area contributed by atoms with E-state index in [1.807, 2.05) is 0 Å². The van der Waals surface area contributed by atoms with Crippen LogP contribution in [0.25, 0.3) is 0 Å². The van der Waals surface area contributed by atoms with E-state index in [-0.39, 0.29) is 0 Å². The first-order valence-electron chi connectivity index (χ1n) is 1.49. The van der Waals surface area contributed by atoms with E-state index < -0.39 is 11.1 Å². The van der Waals surface area contributed by atoms with Crippen LogP contribution >= 0.6 is 0 Å². The molecular formula is CH3N3O4. The minimum absolute atomic E-state index is 1.11. The van der Waals surface area contributed by atoms with Crippen LogP contribution in [0.2, 0.25) is 0 Å². The van der Waals surface area contributed by atoms with Gasteiger partial charge in [-0.3, -0.25) is 0 Å². The van der Waals surface area contributed by atoms with Crippen LogP contribution in [-0.2, 0) is 4.94 Å². The molecule has 3 N–H and O–H groups in total. The van der Waals surface area contributed by atoms with Crippen LogP contribution in [0.1, 0.15) is 0 Å². The van der Waals surface area contributed by atoms with Gasteiger partial charge in [0.2, 0.25) is 0 Å². The number of urea groups is 1. The van der Waals surface area contributed by atoms with Gasteiger partial charge in [-0.05, 0) is 0 Å². The SMILES string of the molecule is NC(=O)NO[N+](=O)[O-]. The molecule has 0 aliphatic carbocycles. The van der Waals surface area contributed by atoms with E-state index in [0.29, 0.717) is 0 Å². The van der Waals surface area contributed by atoms with Crippen molar-refractivity contribution in [3.05, 3.63) is 10.1 Å². The molecule has 0 aliphatic heterocycles. The molecule has 0 radical (unpaired) electrons. The molecule has 7 nitrogen and oxygen atoms in total. The second-order valence-corrected chi connectivity index (χ2v) is 0.781. The van der Waals surface area contributed by atoms with Crippen molar-refractivity contribution in [3.63, 3.8) is 0 Å². The van der Waals surface area contributed by atoms with Gasteiger partial charge < -0.3 is 5.73 Å². The number of hydroxylamine groups is 1. The number of rotatable bonds is 2. The van der Waals surface area contributed by atoms with E-state index in [1.165, 1.54) is 5.48 Å². The Balaban J connectivity index is 3.18. The van der Waals surface area contributed by atoms with Crippen LogP contribution < -0.4 is 11.2 Å². The van der Waals surface area contributed by atoms with Crippen LogP contribution in [0.5, 0.6) is 0 Å². The second kappa shape index (κ2) is 2.61. The number of nitrogens with two attached hydrogens (primary N) is 1. The normalized spacial score (nSPS) is 7.50. The van der Waals surface area contributed by atoms with Gasteiger partial charge in [0.25, 0.3) is 0 Å². The van der Waals surface area contributed by atoms with E-state index in [4.69, 9.17) is 0 Å². The van der Waals surface area contributed by atoms with Crippen LogP contribution in [0.15, 0.2) is 0 Å². The fraction of sp³-hybridized carbons (Fsp3) is 0. The largest absolute Gasteiger partial charge is 0.350 e. The molecule has 0 spiro atoms. The molecular weight excluding hydrogens is 118 g/mol. The number of nitrogens with one attached hydrogen (secondary N) is 1. The summed E-state index contributed by atoms with van der Waals surface area (Å²) in [6.07, 6.45) is 0. The van der Waals surface area contributed by atoms with Crippen molar-refractivity contribution in [3.8, 4) is 0 Å². The van der Waals surface area contributed by atoms with Gasteiger partial charge >= 0.3 is 11.1 Å². The highest BCUT2D eigenvalue weighted by Crippen LogP contribution is 1.63. The summed E-state index contributed by atoms with van der Waals surface area (Å²) in [6, 6.07) is -1.11. The summed E-state index contributed by atoms with van der Waals surface area (Å²) in [5, 5.41) is 8.03. The maximum Gasteiger partial charge on any atom is 0.336 e. The minimum Gasteiger partial charge on any atom is -0.350 e. The molecule has 0 rings (SSSR count). The van der Waals surface area contributed by atoms with Crippen molar-refractivity contribution in [2.75, 3.05) is 0 Å². The van der Waals surface area contributed by atoms with Crippen molar-refractivity contribution < 1.29 is 14.8 Å². The Bertz CT molecular complexity index is 95.9. The summed E-state index contributed by atoms with van der Waals surface area (Å²) < 4.78 is 0. The van der Waals surface area contributed by atoms with Gasteiger partial charge in [-0.25, -0.2) is 4.79 Å². The van der Waals surface area contributed by atoms with E-state index in [9.17, 15) is 14.9 Å². The smallest absolute Gasteiger partial charge is 0.336 e. The molecule has 0 heterocycles. The van der Waals surface area contributed by atoms with Crippen LogP contribution in [0, 0.1) is 10.1 Å². The Kier molecular flexibility index (Phi) is 2.11. The molecule has 0 aromatic rings. The van der Waals surface area contributed by atoms with Crippen molar-refractivity contribution in [2.45, 2.75) is 0 Å². The molecule has 7 heteroatoms. The first-order chi connectivity index (χ1) is 3.63. The Morgan fingerprint density at radius 1 is 1.88 bits per heavy atom. The average Bonchev–Trinajstić information content (AvgIpc) is 1.61. The minimum atomic E-state index is -1.19. The molecule has 0 aliphatic rings. The molecule has 0 atom stereocenters. The zero-order valence-corrected chi connectivity index (χ0v) is 3.66. The van der Waals surface area contributed by atoms with Gasteiger partial charge in [0.1, 0.15) is 0 Å². The molecule has 0 saturated carbocycles. The Labute approximate surface area is 43.5 Å². The zero-order valence-electron chi connectivity index (χ0n) is 3.66. The molecule has 46 valence electrons. The fourth-order valence-electron chi connectivity index (χ4n) is 0.0823. The summed E-state index contributed by atoms with van der Waals surface area (Å²) in [5.74, 6) is 0. The van der Waals surface area contributed by atoms with Gasteiger partial charge in [0.05, 0.1) is 0 Å². The Morgan fingerprint density at radius 2 is 2.38 bits per heavy atom. The van der Waals surface area contributed by atoms with Crippen molar-refractivity contribution in [2.24, 2.45) is 5.73 Å². The molecule has 0 unspecified atom stereocenters. The maximum atomic E-state index is 9.59. The number of hydrogen-bond acceptors (Lipinski definition) is 4. The molecule has 0 aromatic carbocycles. The van der Waals surface area contributed by atoms with Gasteiger partial charge in [-0.15, -0.1) is 10.1 Å². The zero-order chi connectivity index (χ0) is 6.57. The topological polar surface area (TPSA) is 107 Å². The second-order valence-electron chi connectivity index (χ2n) is 0.781. The quantitative estimate of drug-likeness (QED) is 0.352. The summed E-state index contributed by atoms with van der Waals surface area (Å²) in [4.78, 5) is 22.1. The lowest BCUT2D eigenvalue weighted by Crippen LogP contribution is -2.31. The summed E-state index contributed by atoms with van der Waals surface area (Å²) in [6.45, 7) is 0. The summed E-state index contributed by atoms with van der Waals surface area (Å²) in [7, 11) is 0. The molecule has 2 amide bonds. The first-order valence-corrected chi connectivity index (χ1v) is 1.49. The highest BCUT2D eigenvalue weighted by Gasteiger charge is 1.93. The van der Waals surface area contributed by atoms with Gasteiger partial charge in [0.15, 0.2) is 0 Å². The van der Waals surface area contributed by atoms with Crippen molar-refractivity contribution in [1.82, 2.24) is 5.48 Å². The molecule has 0 aromatic heterocycles. The highest BCUT2D eigenvalue weighted by molar-refractivity contribution is 5.70. The van der Waals surface area contributed by atoms with Crippen LogP contribution in [-0.4, -0.2) is 11.1 Å². The third-order valence-corrected chi connectivity index (χ3v) is 0.221. The lowest BCUT2D eigenvalue weighted by molar-refractivity contribution is -0.771. The monoisotopic (exact) mass is 121 g/mol. The van der Waals surface area contributed by atoms with E-state index in [1.54, 1.807) is 0 Å². The summed E-state index contributed by atoms with van der Waals surface area (Å²) in [5.41, 5.74) is 5.65. The van der Waals surface area contributed by atoms with E-state index in [0.717, 1.165) is 0 Å². The van der Waals surface area contributed by atoms with Crippen molar-refractivity contribution >= 4 is 6.03 Å². The molecule has 0 bridgehead atoms. The number of carbonyl (C=O) groups is 1. The average molecular weight is 121 g/mol. The first kappa shape index (κ1) is 6.47. The summed E-state index contributed by atoms with van der Waals surface area (Å²) >= 11 is 0. The third kappa shape index (κ3) is 4.47.